The number of hydrogen-bond acceptors (Lipinski definition) is 3. The van der Waals surface area contributed by atoms with Gasteiger partial charge in [-0.1, -0.05) is 13.0 Å². The Hall–Kier alpha value is -0.930. The van der Waals surface area contributed by atoms with E-state index in [0.29, 0.717) is 6.04 Å². The van der Waals surface area contributed by atoms with Crippen molar-refractivity contribution in [1.82, 2.24) is 15.2 Å². The average molecular weight is 249 g/mol. The largest absolute Gasteiger partial charge is 0.315 e. The molecule has 1 aromatic heterocycles. The maximum atomic E-state index is 4.53. The Bertz CT molecular complexity index is 338. The minimum Gasteiger partial charge on any atom is -0.315 e. The lowest BCUT2D eigenvalue weighted by molar-refractivity contribution is 0.307. The van der Waals surface area contributed by atoms with E-state index in [9.17, 15) is 0 Å². The fourth-order valence-corrected chi connectivity index (χ4v) is 2.16. The van der Waals surface area contributed by atoms with Gasteiger partial charge in [0.05, 0.1) is 5.69 Å². The zero-order valence-corrected chi connectivity index (χ0v) is 12.2. The number of nitrogens with zero attached hydrogens (tertiary/aromatic N) is 2. The third-order valence-corrected chi connectivity index (χ3v) is 3.11. The van der Waals surface area contributed by atoms with Gasteiger partial charge in [-0.3, -0.25) is 4.98 Å². The van der Waals surface area contributed by atoms with Gasteiger partial charge < -0.3 is 10.2 Å². The first-order valence-electron chi connectivity index (χ1n) is 6.96. The third-order valence-electron chi connectivity index (χ3n) is 3.11. The first-order chi connectivity index (χ1) is 8.61. The minimum absolute atomic E-state index is 0.625. The molecule has 0 spiro atoms. The first-order valence-corrected chi connectivity index (χ1v) is 6.96. The molecule has 18 heavy (non-hydrogen) atoms. The Balaban J connectivity index is 2.23. The van der Waals surface area contributed by atoms with Crippen LogP contribution < -0.4 is 5.32 Å². The van der Waals surface area contributed by atoms with Crippen molar-refractivity contribution in [3.05, 3.63) is 29.6 Å². The third kappa shape index (κ3) is 6.12. The molecule has 0 radical (unpaired) electrons. The van der Waals surface area contributed by atoms with Gasteiger partial charge in [0, 0.05) is 18.3 Å². The number of rotatable bonds is 8. The standard InChI is InChI=1S/C15H27N3/c1-5-16-13(2)9-7-11-18(4)12-15-10-6-8-14(3)17-15/h6,8,10,13,16H,5,7,9,11-12H2,1-4H3. The Morgan fingerprint density at radius 3 is 2.83 bits per heavy atom. The molecule has 0 fully saturated rings. The van der Waals surface area contributed by atoms with Crippen LogP contribution in [0.4, 0.5) is 0 Å². The maximum absolute atomic E-state index is 4.53. The number of pyridine rings is 1. The van der Waals surface area contributed by atoms with Crippen LogP contribution in [0, 0.1) is 6.92 Å². The Kier molecular flexibility index (Phi) is 6.91. The van der Waals surface area contributed by atoms with Crippen LogP contribution in [0.2, 0.25) is 0 Å². The topological polar surface area (TPSA) is 28.2 Å². The summed E-state index contributed by atoms with van der Waals surface area (Å²) in [7, 11) is 2.17. The van der Waals surface area contributed by atoms with E-state index in [4.69, 9.17) is 0 Å². The number of nitrogens with one attached hydrogen (secondary N) is 1. The summed E-state index contributed by atoms with van der Waals surface area (Å²) >= 11 is 0. The van der Waals surface area contributed by atoms with E-state index >= 15 is 0 Å². The van der Waals surface area contributed by atoms with Crippen molar-refractivity contribution in [2.45, 2.75) is 46.2 Å². The van der Waals surface area contributed by atoms with E-state index in [0.717, 1.165) is 31.0 Å². The summed E-state index contributed by atoms with van der Waals surface area (Å²) in [5, 5.41) is 3.45. The summed E-state index contributed by atoms with van der Waals surface area (Å²) < 4.78 is 0. The molecule has 0 saturated carbocycles. The number of aryl methyl sites for hydroxylation is 1. The normalized spacial score (nSPS) is 12.9. The number of aromatic nitrogens is 1. The summed E-state index contributed by atoms with van der Waals surface area (Å²) in [5.41, 5.74) is 2.26. The van der Waals surface area contributed by atoms with Crippen LogP contribution in [0.5, 0.6) is 0 Å². The molecule has 0 aliphatic rings. The highest BCUT2D eigenvalue weighted by molar-refractivity contribution is 5.09. The molecular formula is C15H27N3. The molecule has 1 aromatic rings. The Morgan fingerprint density at radius 1 is 1.39 bits per heavy atom. The lowest BCUT2D eigenvalue weighted by Crippen LogP contribution is -2.27. The van der Waals surface area contributed by atoms with Crippen LogP contribution >= 0.6 is 0 Å². The van der Waals surface area contributed by atoms with Crippen molar-refractivity contribution >= 4 is 0 Å². The van der Waals surface area contributed by atoms with Crippen molar-refractivity contribution in [2.24, 2.45) is 0 Å². The van der Waals surface area contributed by atoms with Crippen LogP contribution in [0.25, 0.3) is 0 Å². The SMILES string of the molecule is CCNC(C)CCCN(C)Cc1cccc(C)n1. The molecular weight excluding hydrogens is 222 g/mol. The van der Waals surface area contributed by atoms with E-state index in [1.807, 2.05) is 13.0 Å². The molecule has 102 valence electrons. The predicted octanol–water partition coefficient (Wildman–Crippen LogP) is 2.60. The molecule has 1 heterocycles. The summed E-state index contributed by atoms with van der Waals surface area (Å²) in [6.45, 7) is 9.59. The first kappa shape index (κ1) is 15.1. The van der Waals surface area contributed by atoms with Gasteiger partial charge in [0.2, 0.25) is 0 Å². The van der Waals surface area contributed by atoms with Crippen LogP contribution in [-0.2, 0) is 6.54 Å². The molecule has 0 bridgehead atoms. The molecule has 0 amide bonds. The van der Waals surface area contributed by atoms with Gasteiger partial charge in [-0.2, -0.15) is 0 Å². The van der Waals surface area contributed by atoms with Crippen molar-refractivity contribution in [2.75, 3.05) is 20.1 Å². The molecule has 0 aromatic carbocycles. The summed E-state index contributed by atoms with van der Waals surface area (Å²) in [6, 6.07) is 6.85. The Morgan fingerprint density at radius 2 is 2.17 bits per heavy atom. The van der Waals surface area contributed by atoms with E-state index in [1.54, 1.807) is 0 Å². The van der Waals surface area contributed by atoms with Gasteiger partial charge in [-0.15, -0.1) is 0 Å². The van der Waals surface area contributed by atoms with Crippen LogP contribution in [0.15, 0.2) is 18.2 Å². The summed E-state index contributed by atoms with van der Waals surface area (Å²) in [6.07, 6.45) is 2.47. The van der Waals surface area contributed by atoms with Gasteiger partial charge in [0.15, 0.2) is 0 Å². The van der Waals surface area contributed by atoms with Crippen molar-refractivity contribution in [1.29, 1.82) is 0 Å². The van der Waals surface area contributed by atoms with Gasteiger partial charge >= 0.3 is 0 Å². The fraction of sp³-hybridized carbons (Fsp3) is 0.667. The smallest absolute Gasteiger partial charge is 0.0547 e. The average Bonchev–Trinajstić information content (AvgIpc) is 2.29. The van der Waals surface area contributed by atoms with E-state index in [2.05, 4.69) is 48.2 Å². The van der Waals surface area contributed by atoms with E-state index in [-0.39, 0.29) is 0 Å². The zero-order chi connectivity index (χ0) is 13.4. The highest BCUT2D eigenvalue weighted by atomic mass is 15.1. The predicted molar refractivity (Wildman–Crippen MR) is 77.7 cm³/mol. The van der Waals surface area contributed by atoms with Crippen LogP contribution in [0.1, 0.15) is 38.1 Å². The Labute approximate surface area is 112 Å². The van der Waals surface area contributed by atoms with Crippen molar-refractivity contribution in [3.8, 4) is 0 Å². The molecule has 1 N–H and O–H groups in total. The second-order valence-corrected chi connectivity index (χ2v) is 5.11. The monoisotopic (exact) mass is 249 g/mol. The quantitative estimate of drug-likeness (QED) is 0.767. The van der Waals surface area contributed by atoms with E-state index < -0.39 is 0 Å². The van der Waals surface area contributed by atoms with Crippen LogP contribution in [-0.4, -0.2) is 36.1 Å². The maximum Gasteiger partial charge on any atom is 0.0547 e. The number of hydrogen-bond donors (Lipinski definition) is 1. The van der Waals surface area contributed by atoms with E-state index in [1.165, 1.54) is 12.8 Å². The molecule has 1 atom stereocenters. The highest BCUT2D eigenvalue weighted by Gasteiger charge is 2.04. The lowest BCUT2D eigenvalue weighted by atomic mass is 10.2. The van der Waals surface area contributed by atoms with Crippen molar-refractivity contribution < 1.29 is 0 Å². The lowest BCUT2D eigenvalue weighted by Gasteiger charge is -2.18. The summed E-state index contributed by atoms with van der Waals surface area (Å²) in [4.78, 5) is 6.88. The minimum atomic E-state index is 0.625. The summed E-state index contributed by atoms with van der Waals surface area (Å²) in [5.74, 6) is 0. The highest BCUT2D eigenvalue weighted by Crippen LogP contribution is 2.04. The molecule has 0 aliphatic carbocycles. The molecule has 3 heteroatoms. The molecule has 1 unspecified atom stereocenters. The zero-order valence-electron chi connectivity index (χ0n) is 12.2. The van der Waals surface area contributed by atoms with Gasteiger partial charge in [0.25, 0.3) is 0 Å². The van der Waals surface area contributed by atoms with Crippen molar-refractivity contribution in [3.63, 3.8) is 0 Å². The van der Waals surface area contributed by atoms with Crippen LogP contribution in [0.3, 0.4) is 0 Å². The van der Waals surface area contributed by atoms with Gasteiger partial charge in [0.1, 0.15) is 0 Å². The molecule has 0 saturated heterocycles. The molecule has 1 rings (SSSR count). The van der Waals surface area contributed by atoms with Gasteiger partial charge in [-0.05, 0) is 59.0 Å². The molecule has 3 nitrogen and oxygen atoms in total. The fourth-order valence-electron chi connectivity index (χ4n) is 2.16. The second kappa shape index (κ2) is 8.22. The molecule has 0 aliphatic heterocycles. The second-order valence-electron chi connectivity index (χ2n) is 5.11. The van der Waals surface area contributed by atoms with Gasteiger partial charge in [-0.25, -0.2) is 0 Å².